The summed E-state index contributed by atoms with van der Waals surface area (Å²) in [5.74, 6) is 1.72. The van der Waals surface area contributed by atoms with Crippen LogP contribution in [0.15, 0.2) is 30.3 Å². The average molecular weight is 565 g/mol. The summed E-state index contributed by atoms with van der Waals surface area (Å²) in [7, 11) is 1.38. The standard InChI is InChI=1S/C23H29N5O3S.3ClH/c1-31-23(30)20-13-21(17-4-2-3-5-18(17)25-20)27-8-6-26(7-9-27)16-12-19(24-14-16)22(29)28-10-11-32-15-28;;;/h2-5,13,16,19,24H,6-12,14-15H2,1H3;3*1H/t16-,19-;;;/m0.../s1. The maximum absolute atomic E-state index is 12.7. The molecule has 0 saturated carbocycles. The van der Waals surface area contributed by atoms with Crippen molar-refractivity contribution in [2.75, 3.05) is 62.9 Å². The summed E-state index contributed by atoms with van der Waals surface area (Å²) in [5.41, 5.74) is 2.17. The molecule has 3 saturated heterocycles. The molecule has 12 heteroatoms. The van der Waals surface area contributed by atoms with E-state index >= 15 is 0 Å². The van der Waals surface area contributed by atoms with Crippen LogP contribution in [-0.2, 0) is 9.53 Å². The minimum Gasteiger partial charge on any atom is -0.464 e. The molecule has 0 aliphatic carbocycles. The lowest BCUT2D eigenvalue weighted by Gasteiger charge is -2.39. The van der Waals surface area contributed by atoms with Gasteiger partial charge in [-0.3, -0.25) is 9.69 Å². The van der Waals surface area contributed by atoms with Crippen molar-refractivity contribution in [3.63, 3.8) is 0 Å². The highest BCUT2D eigenvalue weighted by atomic mass is 35.5. The molecule has 1 N–H and O–H groups in total. The lowest BCUT2D eigenvalue weighted by Crippen LogP contribution is -2.51. The first-order valence-corrected chi connectivity index (χ1v) is 12.4. The van der Waals surface area contributed by atoms with E-state index in [4.69, 9.17) is 4.74 Å². The van der Waals surface area contributed by atoms with E-state index in [-0.39, 0.29) is 49.2 Å². The number of thioether (sulfide) groups is 1. The Balaban J connectivity index is 0.00000144. The van der Waals surface area contributed by atoms with Gasteiger partial charge in [0.2, 0.25) is 5.91 Å². The van der Waals surface area contributed by atoms with Gasteiger partial charge in [-0.05, 0) is 18.6 Å². The van der Waals surface area contributed by atoms with E-state index < -0.39 is 5.97 Å². The first-order chi connectivity index (χ1) is 15.6. The van der Waals surface area contributed by atoms with Crippen LogP contribution in [0.2, 0.25) is 0 Å². The number of hydrogen-bond donors (Lipinski definition) is 1. The number of halogens is 3. The predicted molar refractivity (Wildman–Crippen MR) is 148 cm³/mol. The van der Waals surface area contributed by atoms with Crippen LogP contribution in [-0.4, -0.2) is 96.8 Å². The molecular formula is C23H32Cl3N5O3S. The molecule has 3 aliphatic heterocycles. The van der Waals surface area contributed by atoms with Gasteiger partial charge in [0, 0.05) is 62.1 Å². The number of piperazine rings is 1. The van der Waals surface area contributed by atoms with Crippen molar-refractivity contribution >= 4 is 77.4 Å². The number of esters is 1. The zero-order chi connectivity index (χ0) is 22.1. The van der Waals surface area contributed by atoms with E-state index in [9.17, 15) is 9.59 Å². The zero-order valence-corrected chi connectivity index (χ0v) is 22.8. The van der Waals surface area contributed by atoms with Gasteiger partial charge in [0.1, 0.15) is 0 Å². The summed E-state index contributed by atoms with van der Waals surface area (Å²) in [6.07, 6.45) is 0.880. The van der Waals surface area contributed by atoms with Crippen molar-refractivity contribution in [3.05, 3.63) is 36.0 Å². The molecule has 3 fully saturated rings. The number of anilines is 1. The van der Waals surface area contributed by atoms with Crippen LogP contribution in [0.3, 0.4) is 0 Å². The quantitative estimate of drug-likeness (QED) is 0.568. The Morgan fingerprint density at radius 2 is 1.83 bits per heavy atom. The van der Waals surface area contributed by atoms with Gasteiger partial charge in [-0.2, -0.15) is 0 Å². The highest BCUT2D eigenvalue weighted by Gasteiger charge is 2.36. The van der Waals surface area contributed by atoms with Crippen LogP contribution in [0.1, 0.15) is 16.9 Å². The van der Waals surface area contributed by atoms with Gasteiger partial charge in [0.05, 0.1) is 24.5 Å². The van der Waals surface area contributed by atoms with Crippen LogP contribution in [0.4, 0.5) is 5.69 Å². The second-order valence-electron chi connectivity index (χ2n) is 8.55. The number of nitrogens with zero attached hydrogens (tertiary/aromatic N) is 4. The summed E-state index contributed by atoms with van der Waals surface area (Å²) in [6, 6.07) is 10.1. The van der Waals surface area contributed by atoms with Gasteiger partial charge in [-0.25, -0.2) is 9.78 Å². The lowest BCUT2D eigenvalue weighted by atomic mass is 10.1. The molecule has 1 aromatic carbocycles. The number of aromatic nitrogens is 1. The number of benzene rings is 1. The monoisotopic (exact) mass is 563 g/mol. The number of hydrogen-bond acceptors (Lipinski definition) is 8. The first kappa shape index (κ1) is 29.7. The molecule has 1 aromatic heterocycles. The number of ether oxygens (including phenoxy) is 1. The molecule has 4 heterocycles. The topological polar surface area (TPSA) is 78.0 Å². The predicted octanol–water partition coefficient (Wildman–Crippen LogP) is 2.67. The molecule has 8 nitrogen and oxygen atoms in total. The number of rotatable bonds is 4. The summed E-state index contributed by atoms with van der Waals surface area (Å²) < 4.78 is 4.91. The third kappa shape index (κ3) is 6.26. The molecule has 35 heavy (non-hydrogen) atoms. The van der Waals surface area contributed by atoms with E-state index in [0.29, 0.717) is 11.7 Å². The minimum absolute atomic E-state index is 0. The number of carbonyl (C=O) groups is 2. The van der Waals surface area contributed by atoms with Gasteiger partial charge in [-0.15, -0.1) is 49.0 Å². The largest absolute Gasteiger partial charge is 0.464 e. The van der Waals surface area contributed by atoms with Gasteiger partial charge in [-0.1, -0.05) is 18.2 Å². The molecule has 3 aliphatic rings. The number of pyridine rings is 1. The SMILES string of the molecule is COC(=O)c1cc(N2CCN([C@@H]3CN[C@H](C(=O)N4CCSC4)C3)CC2)c2ccccc2n1.Cl.Cl.Cl. The highest BCUT2D eigenvalue weighted by molar-refractivity contribution is 7.99. The molecule has 0 spiro atoms. The van der Waals surface area contributed by atoms with E-state index in [1.807, 2.05) is 40.9 Å². The van der Waals surface area contributed by atoms with Crippen molar-refractivity contribution in [3.8, 4) is 0 Å². The van der Waals surface area contributed by atoms with E-state index in [1.54, 1.807) is 0 Å². The molecule has 0 bridgehead atoms. The fraction of sp³-hybridized carbons (Fsp3) is 0.522. The Morgan fingerprint density at radius 1 is 1.09 bits per heavy atom. The molecule has 0 unspecified atom stereocenters. The van der Waals surface area contributed by atoms with Crippen molar-refractivity contribution in [1.82, 2.24) is 20.1 Å². The van der Waals surface area contributed by atoms with Gasteiger partial charge >= 0.3 is 5.97 Å². The Bertz CT molecular complexity index is 1020. The summed E-state index contributed by atoms with van der Waals surface area (Å²) in [6.45, 7) is 5.33. The van der Waals surface area contributed by atoms with Crippen LogP contribution in [0.5, 0.6) is 0 Å². The van der Waals surface area contributed by atoms with E-state index in [2.05, 4.69) is 26.2 Å². The Kier molecular flexibility index (Phi) is 11.2. The van der Waals surface area contributed by atoms with Gasteiger partial charge in [0.25, 0.3) is 0 Å². The first-order valence-electron chi connectivity index (χ1n) is 11.2. The van der Waals surface area contributed by atoms with Crippen molar-refractivity contribution in [2.24, 2.45) is 0 Å². The molecule has 2 atom stereocenters. The third-order valence-corrected chi connectivity index (χ3v) is 7.70. The molecule has 5 rings (SSSR count). The number of fused-ring (bicyclic) bond motifs is 1. The number of methoxy groups -OCH3 is 1. The normalized spacial score (nSPS) is 22.2. The second-order valence-corrected chi connectivity index (χ2v) is 9.62. The van der Waals surface area contributed by atoms with Crippen molar-refractivity contribution < 1.29 is 14.3 Å². The Labute approximate surface area is 228 Å². The smallest absolute Gasteiger partial charge is 0.356 e. The van der Waals surface area contributed by atoms with Crippen molar-refractivity contribution in [1.29, 1.82) is 0 Å². The number of carbonyl (C=O) groups excluding carboxylic acids is 2. The lowest BCUT2D eigenvalue weighted by molar-refractivity contribution is -0.131. The van der Waals surface area contributed by atoms with Crippen LogP contribution >= 0.6 is 49.0 Å². The molecule has 0 radical (unpaired) electrons. The average Bonchev–Trinajstić information content (AvgIpc) is 3.55. The summed E-state index contributed by atoms with van der Waals surface area (Å²) >= 11 is 1.83. The summed E-state index contributed by atoms with van der Waals surface area (Å²) in [4.78, 5) is 36.2. The fourth-order valence-electron chi connectivity index (χ4n) is 4.95. The van der Waals surface area contributed by atoms with Crippen LogP contribution in [0.25, 0.3) is 10.9 Å². The van der Waals surface area contributed by atoms with E-state index in [1.165, 1.54) is 7.11 Å². The Morgan fingerprint density at radius 3 is 2.51 bits per heavy atom. The number of para-hydroxylation sites is 1. The fourth-order valence-corrected chi connectivity index (χ4v) is 5.90. The maximum Gasteiger partial charge on any atom is 0.356 e. The molecule has 2 aromatic rings. The summed E-state index contributed by atoms with van der Waals surface area (Å²) in [5, 5.41) is 4.51. The van der Waals surface area contributed by atoms with Gasteiger partial charge < -0.3 is 19.9 Å². The number of nitrogens with one attached hydrogen (secondary N) is 1. The number of amides is 1. The van der Waals surface area contributed by atoms with Gasteiger partial charge in [0.15, 0.2) is 5.69 Å². The molecule has 194 valence electrons. The van der Waals surface area contributed by atoms with Crippen molar-refractivity contribution in [2.45, 2.75) is 18.5 Å². The minimum atomic E-state index is -0.417. The Hall–Kier alpha value is -1.49. The second kappa shape index (κ2) is 13.2. The zero-order valence-electron chi connectivity index (χ0n) is 19.6. The maximum atomic E-state index is 12.7. The third-order valence-electron chi connectivity index (χ3n) is 6.73. The van der Waals surface area contributed by atoms with Crippen LogP contribution < -0.4 is 10.2 Å². The van der Waals surface area contributed by atoms with Crippen LogP contribution in [0, 0.1) is 0 Å². The molecular weight excluding hydrogens is 533 g/mol. The highest BCUT2D eigenvalue weighted by Crippen LogP contribution is 2.29. The van der Waals surface area contributed by atoms with E-state index in [0.717, 1.165) is 73.9 Å². The molecule has 1 amide bonds.